The second-order valence-corrected chi connectivity index (χ2v) is 6.59. The minimum Gasteiger partial charge on any atom is -0.348 e. The Bertz CT molecular complexity index is 577. The summed E-state index contributed by atoms with van der Waals surface area (Å²) in [5, 5.41) is 0.581. The van der Waals surface area contributed by atoms with E-state index in [4.69, 9.17) is 21.1 Å². The Hall–Kier alpha value is -0.900. The highest BCUT2D eigenvalue weighted by Crippen LogP contribution is 2.54. The number of Topliss-reactive ketones (excluding diaryl/α,β-unsaturated/α-hetero) is 1. The van der Waals surface area contributed by atoms with Gasteiger partial charge in [-0.1, -0.05) is 23.7 Å². The molecular formula is C16H17ClO3. The van der Waals surface area contributed by atoms with Crippen LogP contribution in [0.3, 0.4) is 0 Å². The average molecular weight is 293 g/mol. The third-order valence-electron chi connectivity index (χ3n) is 5.00. The minimum atomic E-state index is -0.470. The number of ether oxygens (including phenoxy) is 2. The molecule has 0 radical (unpaired) electrons. The number of hydrogen-bond acceptors (Lipinski definition) is 3. The van der Waals surface area contributed by atoms with Crippen LogP contribution in [0.15, 0.2) is 18.2 Å². The summed E-state index contributed by atoms with van der Waals surface area (Å²) in [6.45, 7) is 1.32. The van der Waals surface area contributed by atoms with E-state index in [2.05, 4.69) is 6.07 Å². The third-order valence-corrected chi connectivity index (χ3v) is 5.31. The summed E-state index contributed by atoms with van der Waals surface area (Å²) in [5.74, 6) is -0.303. The van der Waals surface area contributed by atoms with Gasteiger partial charge in [0.15, 0.2) is 11.6 Å². The van der Waals surface area contributed by atoms with Crippen LogP contribution in [0.5, 0.6) is 0 Å². The first-order valence-corrected chi connectivity index (χ1v) is 7.62. The fourth-order valence-electron chi connectivity index (χ4n) is 4.25. The first-order chi connectivity index (χ1) is 9.64. The summed E-state index contributed by atoms with van der Waals surface area (Å²) >= 11 is 6.23. The first-order valence-electron chi connectivity index (χ1n) is 7.24. The van der Waals surface area contributed by atoms with Crippen LogP contribution in [0.2, 0.25) is 5.02 Å². The van der Waals surface area contributed by atoms with Gasteiger partial charge < -0.3 is 9.47 Å². The van der Waals surface area contributed by atoms with Crippen LogP contribution in [0, 0.1) is 0 Å². The van der Waals surface area contributed by atoms with Crippen molar-refractivity contribution in [2.45, 2.75) is 43.3 Å². The molecule has 0 bridgehead atoms. The number of rotatable bonds is 0. The van der Waals surface area contributed by atoms with Crippen LogP contribution in [0.4, 0.5) is 0 Å². The zero-order valence-corrected chi connectivity index (χ0v) is 12.0. The molecule has 1 heterocycles. The van der Waals surface area contributed by atoms with E-state index in [1.165, 1.54) is 0 Å². The Morgan fingerprint density at radius 2 is 1.95 bits per heavy atom. The Kier molecular flexibility index (Phi) is 2.75. The Morgan fingerprint density at radius 1 is 1.15 bits per heavy atom. The molecule has 4 rings (SSSR count). The molecule has 1 saturated carbocycles. The van der Waals surface area contributed by atoms with E-state index in [1.807, 2.05) is 6.07 Å². The van der Waals surface area contributed by atoms with E-state index >= 15 is 0 Å². The van der Waals surface area contributed by atoms with Crippen molar-refractivity contribution in [2.24, 2.45) is 0 Å². The van der Waals surface area contributed by atoms with Gasteiger partial charge in [-0.15, -0.1) is 0 Å². The molecule has 2 spiro atoms. The Balaban J connectivity index is 1.79. The van der Waals surface area contributed by atoms with E-state index in [9.17, 15) is 4.79 Å². The molecule has 4 heteroatoms. The van der Waals surface area contributed by atoms with Crippen LogP contribution in [0.25, 0.3) is 0 Å². The van der Waals surface area contributed by atoms with Crippen LogP contribution >= 0.6 is 11.6 Å². The summed E-state index contributed by atoms with van der Waals surface area (Å²) in [5.41, 5.74) is 1.69. The standard InChI is InChI=1S/C16H17ClO3/c17-12-4-1-3-11-14(12)13(18)9-15(11)5-2-6-16(10-15)19-7-8-20-16/h1,3-4H,2,5-10H2/t15-/m1/s1. The maximum Gasteiger partial charge on any atom is 0.169 e. The lowest BCUT2D eigenvalue weighted by atomic mass is 9.68. The van der Waals surface area contributed by atoms with Gasteiger partial charge in [0, 0.05) is 30.2 Å². The van der Waals surface area contributed by atoms with Gasteiger partial charge in [0.25, 0.3) is 0 Å². The smallest absolute Gasteiger partial charge is 0.169 e. The van der Waals surface area contributed by atoms with Crippen LogP contribution < -0.4 is 0 Å². The summed E-state index contributed by atoms with van der Waals surface area (Å²) in [6.07, 6.45) is 4.29. The maximum absolute atomic E-state index is 12.4. The molecule has 106 valence electrons. The summed E-state index contributed by atoms with van der Waals surface area (Å²) in [6, 6.07) is 5.80. The zero-order chi connectivity index (χ0) is 13.8. The minimum absolute atomic E-state index is 0.139. The monoisotopic (exact) mass is 292 g/mol. The molecule has 2 fully saturated rings. The number of hydrogen-bond donors (Lipinski definition) is 0. The number of fused-ring (bicyclic) bond motifs is 2. The van der Waals surface area contributed by atoms with Crippen molar-refractivity contribution >= 4 is 17.4 Å². The number of halogens is 1. The molecule has 20 heavy (non-hydrogen) atoms. The van der Waals surface area contributed by atoms with E-state index < -0.39 is 5.79 Å². The van der Waals surface area contributed by atoms with Crippen LogP contribution in [-0.2, 0) is 14.9 Å². The van der Waals surface area contributed by atoms with E-state index in [0.29, 0.717) is 24.7 Å². The van der Waals surface area contributed by atoms with Crippen LogP contribution in [-0.4, -0.2) is 24.8 Å². The second-order valence-electron chi connectivity index (χ2n) is 6.18. The molecule has 3 aliphatic rings. The van der Waals surface area contributed by atoms with Gasteiger partial charge in [0.2, 0.25) is 0 Å². The molecule has 1 aromatic rings. The number of benzene rings is 1. The van der Waals surface area contributed by atoms with Crippen LogP contribution in [0.1, 0.15) is 48.0 Å². The van der Waals surface area contributed by atoms with Gasteiger partial charge in [0.05, 0.1) is 18.2 Å². The zero-order valence-electron chi connectivity index (χ0n) is 11.3. The van der Waals surface area contributed by atoms with E-state index in [-0.39, 0.29) is 11.2 Å². The van der Waals surface area contributed by atoms with Crippen molar-refractivity contribution in [3.63, 3.8) is 0 Å². The molecule has 2 aliphatic carbocycles. The first kappa shape index (κ1) is 12.8. The van der Waals surface area contributed by atoms with Crippen molar-refractivity contribution in [2.75, 3.05) is 13.2 Å². The van der Waals surface area contributed by atoms with Crippen molar-refractivity contribution in [1.29, 1.82) is 0 Å². The predicted molar refractivity (Wildman–Crippen MR) is 75.2 cm³/mol. The molecule has 0 aromatic heterocycles. The fraction of sp³-hybridized carbons (Fsp3) is 0.562. The summed E-state index contributed by atoms with van der Waals surface area (Å²) < 4.78 is 11.8. The highest BCUT2D eigenvalue weighted by Gasteiger charge is 2.53. The largest absolute Gasteiger partial charge is 0.348 e. The molecule has 0 unspecified atom stereocenters. The highest BCUT2D eigenvalue weighted by atomic mass is 35.5. The topological polar surface area (TPSA) is 35.5 Å². The van der Waals surface area contributed by atoms with Gasteiger partial charge in [-0.05, 0) is 24.5 Å². The molecule has 0 amide bonds. The second kappa shape index (κ2) is 4.30. The van der Waals surface area contributed by atoms with E-state index in [1.54, 1.807) is 6.07 Å². The number of carbonyl (C=O) groups excluding carboxylic acids is 1. The summed E-state index contributed by atoms with van der Waals surface area (Å²) in [4.78, 5) is 12.4. The van der Waals surface area contributed by atoms with Crippen molar-refractivity contribution in [3.05, 3.63) is 34.3 Å². The predicted octanol–water partition coefficient (Wildman–Crippen LogP) is 3.48. The lowest BCUT2D eigenvalue weighted by Crippen LogP contribution is -2.44. The lowest BCUT2D eigenvalue weighted by molar-refractivity contribution is -0.190. The Labute approximate surface area is 123 Å². The highest BCUT2D eigenvalue weighted by molar-refractivity contribution is 6.34. The van der Waals surface area contributed by atoms with Crippen molar-refractivity contribution < 1.29 is 14.3 Å². The molecule has 1 saturated heterocycles. The average Bonchev–Trinajstić information content (AvgIpc) is 2.95. The molecule has 1 aliphatic heterocycles. The molecule has 1 atom stereocenters. The maximum atomic E-state index is 12.4. The van der Waals surface area contributed by atoms with Crippen molar-refractivity contribution in [3.8, 4) is 0 Å². The third kappa shape index (κ3) is 1.70. The van der Waals surface area contributed by atoms with Gasteiger partial charge in [-0.2, -0.15) is 0 Å². The van der Waals surface area contributed by atoms with Gasteiger partial charge in [0.1, 0.15) is 0 Å². The SMILES string of the molecule is O=C1C[C@@]2(CCCC3(C2)OCCO3)c2cccc(Cl)c21. The Morgan fingerprint density at radius 3 is 2.75 bits per heavy atom. The lowest BCUT2D eigenvalue weighted by Gasteiger charge is -2.43. The molecular weight excluding hydrogens is 276 g/mol. The molecule has 3 nitrogen and oxygen atoms in total. The van der Waals surface area contributed by atoms with Crippen molar-refractivity contribution in [1.82, 2.24) is 0 Å². The molecule has 1 aromatic carbocycles. The summed E-state index contributed by atoms with van der Waals surface area (Å²) in [7, 11) is 0. The quantitative estimate of drug-likeness (QED) is 0.734. The van der Waals surface area contributed by atoms with Gasteiger partial charge >= 0.3 is 0 Å². The van der Waals surface area contributed by atoms with Gasteiger partial charge in [-0.3, -0.25) is 4.79 Å². The van der Waals surface area contributed by atoms with Gasteiger partial charge in [-0.25, -0.2) is 0 Å². The number of ketones is 1. The molecule has 0 N–H and O–H groups in total. The number of carbonyl (C=O) groups is 1. The fourth-order valence-corrected chi connectivity index (χ4v) is 4.53. The normalized spacial score (nSPS) is 31.1. The van der Waals surface area contributed by atoms with E-state index in [0.717, 1.165) is 36.8 Å².